The number of sulfone groups is 1. The molecule has 1 unspecified atom stereocenters. The summed E-state index contributed by atoms with van der Waals surface area (Å²) in [6.07, 6.45) is 8.32. The minimum Gasteiger partial charge on any atom is -0.493 e. The Morgan fingerprint density at radius 1 is 1.14 bits per heavy atom. The maximum atomic E-state index is 12.7. The van der Waals surface area contributed by atoms with Gasteiger partial charge in [0.25, 0.3) is 5.56 Å². The number of nitrogens with one attached hydrogen (secondary N) is 2. The lowest BCUT2D eigenvalue weighted by Crippen LogP contribution is -2.43. The monoisotopic (exact) mass is 526 g/mol. The van der Waals surface area contributed by atoms with E-state index in [4.69, 9.17) is 4.74 Å². The molecule has 3 heterocycles. The second-order valence-corrected chi connectivity index (χ2v) is 12.7. The zero-order valence-electron chi connectivity index (χ0n) is 21.8. The van der Waals surface area contributed by atoms with Gasteiger partial charge in [0.15, 0.2) is 9.84 Å². The van der Waals surface area contributed by atoms with Gasteiger partial charge >= 0.3 is 0 Å². The van der Waals surface area contributed by atoms with Gasteiger partial charge in [0.2, 0.25) is 0 Å². The summed E-state index contributed by atoms with van der Waals surface area (Å²) in [5.41, 5.74) is 1.86. The first-order chi connectivity index (χ1) is 17.9. The molecule has 9 heteroatoms. The molecule has 200 valence electrons. The lowest BCUT2D eigenvalue weighted by atomic mass is 9.98. The number of nitrogens with zero attached hydrogens (tertiary/aromatic N) is 2. The molecule has 0 bridgehead atoms. The minimum atomic E-state index is -3.40. The predicted molar refractivity (Wildman–Crippen MR) is 147 cm³/mol. The zero-order valence-corrected chi connectivity index (χ0v) is 22.6. The van der Waals surface area contributed by atoms with Crippen molar-refractivity contribution >= 4 is 20.7 Å². The molecular weight excluding hydrogens is 488 g/mol. The number of piperazine rings is 1. The first kappa shape index (κ1) is 26.0. The topological polar surface area (TPSA) is 96.4 Å². The van der Waals surface area contributed by atoms with E-state index in [1.165, 1.54) is 17.4 Å². The van der Waals surface area contributed by atoms with E-state index in [-0.39, 0.29) is 16.2 Å². The number of pyridine rings is 1. The normalized spacial score (nSPS) is 17.8. The highest BCUT2D eigenvalue weighted by molar-refractivity contribution is 7.91. The van der Waals surface area contributed by atoms with E-state index in [0.29, 0.717) is 35.3 Å². The summed E-state index contributed by atoms with van der Waals surface area (Å²) >= 11 is 0. The number of H-pyrrole nitrogens is 1. The van der Waals surface area contributed by atoms with Gasteiger partial charge in [0.1, 0.15) is 11.3 Å². The van der Waals surface area contributed by atoms with E-state index >= 15 is 0 Å². The molecule has 2 fully saturated rings. The highest BCUT2D eigenvalue weighted by Gasteiger charge is 2.32. The van der Waals surface area contributed by atoms with Gasteiger partial charge in [0, 0.05) is 62.1 Å². The molecule has 1 saturated heterocycles. The fraction of sp³-hybridized carbons (Fsp3) is 0.536. The molecule has 3 aromatic rings. The third-order valence-corrected chi connectivity index (χ3v) is 9.61. The number of aromatic nitrogens is 2. The standard InChI is InChI=1S/C28H38N4O4S/c1-3-37(34,35)22-8-9-26(24(17-22)25-18-31(2)28(33)27-23(25)10-11-30-27)36-19-21(20-6-7-20)5-4-14-32-15-12-29-13-16-32/h8-11,17-18,20-21,29-30H,3-7,12-16,19H2,1-2H3. The number of hydrogen-bond donors (Lipinski definition) is 2. The van der Waals surface area contributed by atoms with Crippen LogP contribution < -0.4 is 15.6 Å². The van der Waals surface area contributed by atoms with Crippen LogP contribution in [0.3, 0.4) is 0 Å². The number of ether oxygens (including phenoxy) is 1. The van der Waals surface area contributed by atoms with Crippen LogP contribution in [0.4, 0.5) is 0 Å². The molecule has 2 aromatic heterocycles. The van der Waals surface area contributed by atoms with Crippen LogP contribution in [0.1, 0.15) is 32.6 Å². The second-order valence-electron chi connectivity index (χ2n) is 10.4. The average Bonchev–Trinajstić information content (AvgIpc) is 3.64. The van der Waals surface area contributed by atoms with Crippen LogP contribution >= 0.6 is 0 Å². The van der Waals surface area contributed by atoms with Crippen LogP contribution in [0.15, 0.2) is 46.3 Å². The molecule has 1 aliphatic carbocycles. The van der Waals surface area contributed by atoms with Crippen molar-refractivity contribution < 1.29 is 13.2 Å². The maximum Gasteiger partial charge on any atom is 0.274 e. The van der Waals surface area contributed by atoms with Crippen LogP contribution in [-0.4, -0.2) is 68.0 Å². The number of hydrogen-bond acceptors (Lipinski definition) is 6. The van der Waals surface area contributed by atoms with Crippen LogP contribution in [-0.2, 0) is 16.9 Å². The molecular formula is C28H38N4O4S. The van der Waals surface area contributed by atoms with Gasteiger partial charge < -0.3 is 24.5 Å². The van der Waals surface area contributed by atoms with Crippen molar-refractivity contribution in [3.8, 4) is 16.9 Å². The maximum absolute atomic E-state index is 12.7. The van der Waals surface area contributed by atoms with Crippen LogP contribution in [0.5, 0.6) is 5.75 Å². The molecule has 5 rings (SSSR count). The Morgan fingerprint density at radius 2 is 1.92 bits per heavy atom. The van der Waals surface area contributed by atoms with Crippen molar-refractivity contribution in [1.29, 1.82) is 0 Å². The fourth-order valence-corrected chi connectivity index (χ4v) is 6.33. The number of aromatic amines is 1. The Morgan fingerprint density at radius 3 is 2.65 bits per heavy atom. The molecule has 1 saturated carbocycles. The predicted octanol–water partition coefficient (Wildman–Crippen LogP) is 3.42. The number of fused-ring (bicyclic) bond motifs is 1. The summed E-state index contributed by atoms with van der Waals surface area (Å²) in [6, 6.07) is 6.99. The first-order valence-corrected chi connectivity index (χ1v) is 15.1. The summed E-state index contributed by atoms with van der Waals surface area (Å²) in [7, 11) is -1.69. The van der Waals surface area contributed by atoms with Crippen LogP contribution in [0.25, 0.3) is 22.0 Å². The molecule has 0 amide bonds. The third kappa shape index (κ3) is 5.78. The summed E-state index contributed by atoms with van der Waals surface area (Å²) in [6.45, 7) is 7.77. The highest BCUT2D eigenvalue weighted by Crippen LogP contribution is 2.41. The zero-order chi connectivity index (χ0) is 26.0. The quantitative estimate of drug-likeness (QED) is 0.398. The second kappa shape index (κ2) is 11.0. The van der Waals surface area contributed by atoms with Gasteiger partial charge in [-0.05, 0) is 68.3 Å². The van der Waals surface area contributed by atoms with Gasteiger partial charge in [0.05, 0.1) is 17.3 Å². The van der Waals surface area contributed by atoms with Crippen molar-refractivity contribution in [2.75, 3.05) is 45.1 Å². The summed E-state index contributed by atoms with van der Waals surface area (Å²) < 4.78 is 33.5. The van der Waals surface area contributed by atoms with E-state index in [0.717, 1.165) is 56.5 Å². The van der Waals surface area contributed by atoms with Gasteiger partial charge in [-0.15, -0.1) is 0 Å². The van der Waals surface area contributed by atoms with Crippen molar-refractivity contribution in [1.82, 2.24) is 19.8 Å². The van der Waals surface area contributed by atoms with E-state index in [9.17, 15) is 13.2 Å². The fourth-order valence-electron chi connectivity index (χ4n) is 5.42. The molecule has 1 atom stereocenters. The smallest absolute Gasteiger partial charge is 0.274 e. The highest BCUT2D eigenvalue weighted by atomic mass is 32.2. The molecule has 0 spiro atoms. The van der Waals surface area contributed by atoms with Crippen LogP contribution in [0.2, 0.25) is 0 Å². The molecule has 2 aliphatic rings. The van der Waals surface area contributed by atoms with Crippen LogP contribution in [0, 0.1) is 11.8 Å². The molecule has 0 radical (unpaired) electrons. The van der Waals surface area contributed by atoms with Crippen molar-refractivity contribution in [3.05, 3.63) is 47.0 Å². The number of rotatable bonds is 11. The van der Waals surface area contributed by atoms with Gasteiger partial charge in [-0.25, -0.2) is 8.42 Å². The first-order valence-electron chi connectivity index (χ1n) is 13.5. The van der Waals surface area contributed by atoms with E-state index < -0.39 is 9.84 Å². The van der Waals surface area contributed by atoms with Crippen molar-refractivity contribution in [3.63, 3.8) is 0 Å². The molecule has 1 aromatic carbocycles. The SMILES string of the molecule is CCS(=O)(=O)c1ccc(OCC(CCCN2CCNCC2)C2CC2)c(-c2cn(C)c(=O)c3[nH]ccc23)c1. The number of benzene rings is 1. The Balaban J connectivity index is 1.41. The average molecular weight is 527 g/mol. The molecule has 37 heavy (non-hydrogen) atoms. The Kier molecular flexibility index (Phi) is 7.74. The van der Waals surface area contributed by atoms with Gasteiger partial charge in [-0.1, -0.05) is 6.92 Å². The van der Waals surface area contributed by atoms with Crippen molar-refractivity contribution in [2.24, 2.45) is 18.9 Å². The Bertz CT molecular complexity index is 1400. The largest absolute Gasteiger partial charge is 0.493 e. The van der Waals surface area contributed by atoms with Crippen molar-refractivity contribution in [2.45, 2.75) is 37.5 Å². The Labute approximate surface area is 218 Å². The van der Waals surface area contributed by atoms with E-state index in [2.05, 4.69) is 15.2 Å². The molecule has 1 aliphatic heterocycles. The molecule has 8 nitrogen and oxygen atoms in total. The summed E-state index contributed by atoms with van der Waals surface area (Å²) in [4.78, 5) is 18.5. The van der Waals surface area contributed by atoms with Gasteiger partial charge in [-0.3, -0.25) is 4.79 Å². The summed E-state index contributed by atoms with van der Waals surface area (Å²) in [5.74, 6) is 1.88. The lowest BCUT2D eigenvalue weighted by molar-refractivity contribution is 0.198. The molecule has 2 N–H and O–H groups in total. The van der Waals surface area contributed by atoms with E-state index in [1.807, 2.05) is 6.07 Å². The lowest BCUT2D eigenvalue weighted by Gasteiger charge is -2.28. The number of aryl methyl sites for hydroxylation is 1. The Hall–Kier alpha value is -2.62. The minimum absolute atomic E-state index is 0.0241. The third-order valence-electron chi connectivity index (χ3n) is 7.87. The van der Waals surface area contributed by atoms with Gasteiger partial charge in [-0.2, -0.15) is 0 Å². The van der Waals surface area contributed by atoms with E-state index in [1.54, 1.807) is 44.6 Å². The summed E-state index contributed by atoms with van der Waals surface area (Å²) in [5, 5.41) is 4.17.